The molecule has 1 saturated heterocycles. The molecule has 0 bridgehead atoms. The lowest BCUT2D eigenvalue weighted by molar-refractivity contribution is -0.137. The van der Waals surface area contributed by atoms with Crippen molar-refractivity contribution in [2.45, 2.75) is 32.6 Å². The summed E-state index contributed by atoms with van der Waals surface area (Å²) in [5.74, 6) is -0.875. The van der Waals surface area contributed by atoms with Crippen molar-refractivity contribution in [3.8, 4) is 0 Å². The highest BCUT2D eigenvalue weighted by molar-refractivity contribution is 5.75. The minimum Gasteiger partial charge on any atom is -0.481 e. The van der Waals surface area contributed by atoms with Gasteiger partial charge in [0.2, 0.25) is 0 Å². The summed E-state index contributed by atoms with van der Waals surface area (Å²) in [6.45, 7) is 6.39. The fraction of sp³-hybridized carbons (Fsp3) is 0.846. The quantitative estimate of drug-likeness (QED) is 0.724. The molecule has 0 aromatic rings. The Kier molecular flexibility index (Phi) is 7.25. The van der Waals surface area contributed by atoms with Gasteiger partial charge in [0.1, 0.15) is 0 Å². The third-order valence-electron chi connectivity index (χ3n) is 3.42. The predicted molar refractivity (Wildman–Crippen MR) is 73.2 cm³/mol. The number of piperidine rings is 1. The van der Waals surface area contributed by atoms with Crippen molar-refractivity contribution in [2.24, 2.45) is 0 Å². The number of carbonyl (C=O) groups excluding carboxylic acids is 1. The number of nitrogens with zero attached hydrogens (tertiary/aromatic N) is 2. The van der Waals surface area contributed by atoms with Crippen molar-refractivity contribution in [1.29, 1.82) is 0 Å². The number of urea groups is 1. The Morgan fingerprint density at radius 2 is 1.95 bits per heavy atom. The minimum absolute atomic E-state index is 0.00656. The number of hydrogen-bond acceptors (Lipinski definition) is 3. The van der Waals surface area contributed by atoms with Gasteiger partial charge in [0.15, 0.2) is 0 Å². The fourth-order valence-corrected chi connectivity index (χ4v) is 2.25. The molecule has 6 nitrogen and oxygen atoms in total. The van der Waals surface area contributed by atoms with E-state index < -0.39 is 5.97 Å². The van der Waals surface area contributed by atoms with Gasteiger partial charge >= 0.3 is 12.0 Å². The van der Waals surface area contributed by atoms with Crippen LogP contribution in [0.4, 0.5) is 4.79 Å². The maximum Gasteiger partial charge on any atom is 0.317 e. The number of carbonyl (C=O) groups is 2. The summed E-state index contributed by atoms with van der Waals surface area (Å²) in [7, 11) is 0. The van der Waals surface area contributed by atoms with Crippen LogP contribution in [-0.2, 0) is 4.79 Å². The van der Waals surface area contributed by atoms with E-state index in [1.807, 2.05) is 6.92 Å². The molecule has 1 heterocycles. The summed E-state index contributed by atoms with van der Waals surface area (Å²) >= 11 is 0. The van der Waals surface area contributed by atoms with Crippen LogP contribution < -0.4 is 5.32 Å². The lowest BCUT2D eigenvalue weighted by Crippen LogP contribution is -2.44. The third kappa shape index (κ3) is 6.42. The first-order chi connectivity index (χ1) is 9.13. The van der Waals surface area contributed by atoms with Crippen LogP contribution in [0.25, 0.3) is 0 Å². The molecule has 1 rings (SSSR count). The Balaban J connectivity index is 2.18. The van der Waals surface area contributed by atoms with Gasteiger partial charge in [-0.25, -0.2) is 4.79 Å². The maximum absolute atomic E-state index is 11.8. The van der Waals surface area contributed by atoms with Gasteiger partial charge < -0.3 is 20.2 Å². The van der Waals surface area contributed by atoms with Gasteiger partial charge in [-0.1, -0.05) is 6.42 Å². The number of aliphatic carboxylic acids is 1. The highest BCUT2D eigenvalue weighted by Crippen LogP contribution is 2.07. The third-order valence-corrected chi connectivity index (χ3v) is 3.42. The molecular formula is C13H25N3O3. The molecule has 6 heteroatoms. The summed E-state index contributed by atoms with van der Waals surface area (Å²) in [6.07, 6.45) is 3.79. The fourth-order valence-electron chi connectivity index (χ4n) is 2.25. The molecule has 0 spiro atoms. The van der Waals surface area contributed by atoms with E-state index >= 15 is 0 Å². The summed E-state index contributed by atoms with van der Waals surface area (Å²) in [4.78, 5) is 26.2. The number of carboxylic acid groups (broad SMARTS) is 1. The number of nitrogens with one attached hydrogen (secondary N) is 1. The average Bonchev–Trinajstić information content (AvgIpc) is 2.40. The summed E-state index contributed by atoms with van der Waals surface area (Å²) in [6, 6.07) is -0.166. The van der Waals surface area contributed by atoms with Crippen LogP contribution >= 0.6 is 0 Å². The summed E-state index contributed by atoms with van der Waals surface area (Å²) in [5, 5.41) is 11.5. The average molecular weight is 271 g/mol. The van der Waals surface area contributed by atoms with E-state index in [1.54, 1.807) is 0 Å². The van der Waals surface area contributed by atoms with Crippen molar-refractivity contribution < 1.29 is 14.7 Å². The summed E-state index contributed by atoms with van der Waals surface area (Å²) < 4.78 is 0. The molecule has 0 aliphatic carbocycles. The second-order valence-corrected chi connectivity index (χ2v) is 4.86. The zero-order valence-corrected chi connectivity index (χ0v) is 11.7. The molecular weight excluding hydrogens is 246 g/mol. The van der Waals surface area contributed by atoms with Crippen molar-refractivity contribution in [1.82, 2.24) is 15.1 Å². The first-order valence-corrected chi connectivity index (χ1v) is 7.10. The van der Waals surface area contributed by atoms with Crippen molar-refractivity contribution in [2.75, 3.05) is 39.3 Å². The standard InChI is InChI=1S/C13H25N3O3/c1-2-16(10-6-12(17)18)13(19)14-7-11-15-8-4-3-5-9-15/h2-11H2,1H3,(H,14,19)(H,17,18). The zero-order chi connectivity index (χ0) is 14.1. The Labute approximate surface area is 114 Å². The van der Waals surface area contributed by atoms with Crippen LogP contribution in [0.3, 0.4) is 0 Å². The molecule has 1 fully saturated rings. The van der Waals surface area contributed by atoms with E-state index in [1.165, 1.54) is 24.2 Å². The monoisotopic (exact) mass is 271 g/mol. The number of rotatable bonds is 7. The van der Waals surface area contributed by atoms with Crippen LogP contribution in [0.15, 0.2) is 0 Å². The number of amides is 2. The Bertz CT molecular complexity index is 291. The lowest BCUT2D eigenvalue weighted by Gasteiger charge is -2.27. The zero-order valence-electron chi connectivity index (χ0n) is 11.7. The Morgan fingerprint density at radius 3 is 2.53 bits per heavy atom. The molecule has 19 heavy (non-hydrogen) atoms. The number of likely N-dealkylation sites (tertiary alicyclic amines) is 1. The predicted octanol–water partition coefficient (Wildman–Crippen LogP) is 0.979. The normalized spacial score (nSPS) is 16.1. The molecule has 0 unspecified atom stereocenters. The molecule has 0 saturated carbocycles. The Hall–Kier alpha value is -1.30. The second kappa shape index (κ2) is 8.74. The molecule has 1 aliphatic rings. The lowest BCUT2D eigenvalue weighted by atomic mass is 10.1. The largest absolute Gasteiger partial charge is 0.481 e. The highest BCUT2D eigenvalue weighted by Gasteiger charge is 2.13. The van der Waals surface area contributed by atoms with Gasteiger partial charge in [0, 0.05) is 26.2 Å². The van der Waals surface area contributed by atoms with Crippen LogP contribution in [0.5, 0.6) is 0 Å². The van der Waals surface area contributed by atoms with E-state index in [-0.39, 0.29) is 19.0 Å². The maximum atomic E-state index is 11.8. The van der Waals surface area contributed by atoms with E-state index in [0.29, 0.717) is 13.1 Å². The molecule has 0 aromatic heterocycles. The molecule has 0 radical (unpaired) electrons. The Morgan fingerprint density at radius 1 is 1.26 bits per heavy atom. The van der Waals surface area contributed by atoms with Gasteiger partial charge in [-0.3, -0.25) is 4.79 Å². The molecule has 110 valence electrons. The molecule has 2 amide bonds. The molecule has 2 N–H and O–H groups in total. The molecule has 1 aliphatic heterocycles. The summed E-state index contributed by atoms with van der Waals surface area (Å²) in [5.41, 5.74) is 0. The van der Waals surface area contributed by atoms with E-state index in [4.69, 9.17) is 5.11 Å². The van der Waals surface area contributed by atoms with E-state index in [9.17, 15) is 9.59 Å². The first kappa shape index (κ1) is 15.8. The van der Waals surface area contributed by atoms with E-state index in [0.717, 1.165) is 19.6 Å². The first-order valence-electron chi connectivity index (χ1n) is 7.10. The number of hydrogen-bond donors (Lipinski definition) is 2. The van der Waals surface area contributed by atoms with Crippen LogP contribution in [0.1, 0.15) is 32.6 Å². The minimum atomic E-state index is -0.875. The van der Waals surface area contributed by atoms with Gasteiger partial charge in [0.05, 0.1) is 6.42 Å². The van der Waals surface area contributed by atoms with Gasteiger partial charge in [-0.05, 0) is 32.9 Å². The van der Waals surface area contributed by atoms with Crippen molar-refractivity contribution in [3.05, 3.63) is 0 Å². The highest BCUT2D eigenvalue weighted by atomic mass is 16.4. The topological polar surface area (TPSA) is 72.9 Å². The van der Waals surface area contributed by atoms with E-state index in [2.05, 4.69) is 10.2 Å². The van der Waals surface area contributed by atoms with Crippen LogP contribution in [0.2, 0.25) is 0 Å². The van der Waals surface area contributed by atoms with Crippen molar-refractivity contribution in [3.63, 3.8) is 0 Å². The van der Waals surface area contributed by atoms with Gasteiger partial charge in [-0.15, -0.1) is 0 Å². The van der Waals surface area contributed by atoms with Crippen molar-refractivity contribution >= 4 is 12.0 Å². The van der Waals surface area contributed by atoms with Gasteiger partial charge in [0.25, 0.3) is 0 Å². The molecule has 0 aromatic carbocycles. The van der Waals surface area contributed by atoms with Crippen LogP contribution in [-0.4, -0.2) is 66.2 Å². The second-order valence-electron chi connectivity index (χ2n) is 4.86. The number of carboxylic acids is 1. The SMILES string of the molecule is CCN(CCC(=O)O)C(=O)NCCN1CCCCC1. The van der Waals surface area contributed by atoms with Gasteiger partial charge in [-0.2, -0.15) is 0 Å². The molecule has 0 atom stereocenters. The smallest absolute Gasteiger partial charge is 0.317 e. The van der Waals surface area contributed by atoms with Crippen LogP contribution in [0, 0.1) is 0 Å².